The van der Waals surface area contributed by atoms with Gasteiger partial charge in [-0.25, -0.2) is 4.98 Å². The summed E-state index contributed by atoms with van der Waals surface area (Å²) in [5, 5.41) is 12.7. The number of hydrogen-bond donors (Lipinski definition) is 2. The van der Waals surface area contributed by atoms with Gasteiger partial charge in [0, 0.05) is 33.6 Å². The largest absolute Gasteiger partial charge is 0.467 e. The molecule has 0 aliphatic rings. The first-order valence-electron chi connectivity index (χ1n) is 9.12. The highest BCUT2D eigenvalue weighted by Crippen LogP contribution is 2.16. The van der Waals surface area contributed by atoms with Gasteiger partial charge < -0.3 is 24.3 Å². The summed E-state index contributed by atoms with van der Waals surface area (Å²) in [5.41, 5.74) is 1.16. The number of nitrogens with one attached hydrogen (secondary N) is 1. The second-order valence-corrected chi connectivity index (χ2v) is 6.70. The Morgan fingerprint density at radius 2 is 2.07 bits per heavy atom. The van der Waals surface area contributed by atoms with E-state index in [9.17, 15) is 14.7 Å². The van der Waals surface area contributed by atoms with E-state index in [0.717, 1.165) is 0 Å². The number of hydrogen-bond acceptors (Lipinski definition) is 6. The average molecular weight is 384 g/mol. The molecule has 3 rings (SSSR count). The van der Waals surface area contributed by atoms with Gasteiger partial charge in [0.2, 0.25) is 5.91 Å². The number of para-hydroxylation sites is 2. The normalized spacial score (nSPS) is 12.1. The maximum Gasteiger partial charge on any atom is 0.293 e. The highest BCUT2D eigenvalue weighted by molar-refractivity contribution is 5.78. The van der Waals surface area contributed by atoms with Crippen LogP contribution in [0.15, 0.2) is 51.9 Å². The van der Waals surface area contributed by atoms with Crippen LogP contribution >= 0.6 is 0 Å². The van der Waals surface area contributed by atoms with E-state index >= 15 is 0 Å². The average Bonchev–Trinajstić information content (AvgIpc) is 3.21. The molecule has 2 heterocycles. The van der Waals surface area contributed by atoms with Gasteiger partial charge in [-0.2, -0.15) is 0 Å². The molecule has 1 atom stereocenters. The summed E-state index contributed by atoms with van der Waals surface area (Å²) < 4.78 is 6.71. The number of carbonyl (C=O) groups excluding carboxylic acids is 1. The summed E-state index contributed by atoms with van der Waals surface area (Å²) >= 11 is 0. The first kappa shape index (κ1) is 19.6. The van der Waals surface area contributed by atoms with Gasteiger partial charge in [-0.3, -0.25) is 9.59 Å². The van der Waals surface area contributed by atoms with Gasteiger partial charge in [0.05, 0.1) is 17.3 Å². The first-order valence-corrected chi connectivity index (χ1v) is 9.12. The number of aryl methyl sites for hydroxylation is 1. The third-order valence-corrected chi connectivity index (χ3v) is 4.43. The smallest absolute Gasteiger partial charge is 0.293 e. The van der Waals surface area contributed by atoms with Gasteiger partial charge in [0.1, 0.15) is 11.9 Å². The van der Waals surface area contributed by atoms with Crippen molar-refractivity contribution in [3.05, 3.63) is 58.8 Å². The number of aliphatic hydroxyl groups is 1. The van der Waals surface area contributed by atoms with E-state index in [0.29, 0.717) is 35.6 Å². The fraction of sp³-hybridized carbons (Fsp3) is 0.350. The number of benzene rings is 1. The molecular formula is C20H24N4O4. The number of anilines is 1. The molecule has 148 valence electrons. The lowest BCUT2D eigenvalue weighted by molar-refractivity contribution is -0.121. The molecule has 3 aromatic rings. The Labute approximate surface area is 162 Å². The molecule has 0 spiro atoms. The van der Waals surface area contributed by atoms with Crippen molar-refractivity contribution >= 4 is 22.8 Å². The molecule has 2 aromatic heterocycles. The van der Waals surface area contributed by atoms with Crippen molar-refractivity contribution < 1.29 is 14.3 Å². The third-order valence-electron chi connectivity index (χ3n) is 4.43. The quantitative estimate of drug-likeness (QED) is 0.613. The molecule has 2 N–H and O–H groups in total. The van der Waals surface area contributed by atoms with E-state index in [1.54, 1.807) is 35.7 Å². The molecule has 28 heavy (non-hydrogen) atoms. The molecule has 1 unspecified atom stereocenters. The Balaban J connectivity index is 1.63. The standard InChI is InChI=1S/C20H24N4O4/c1-23(2)19-20(27)24(15-7-4-3-6-14(15)22-19)12-10-18(26)21-11-9-16(25)17-8-5-13-28-17/h3-8,13,16,25H,9-12H2,1-2H3,(H,21,26). The SMILES string of the molecule is CN(C)c1nc2ccccc2n(CCC(=O)NCCC(O)c2ccco2)c1=O. The number of nitrogens with zero attached hydrogens (tertiary/aromatic N) is 3. The highest BCUT2D eigenvalue weighted by atomic mass is 16.4. The number of amides is 1. The van der Waals surface area contributed by atoms with E-state index < -0.39 is 6.10 Å². The number of rotatable bonds is 8. The molecule has 0 aliphatic heterocycles. The number of fused-ring (bicyclic) bond motifs is 1. The van der Waals surface area contributed by atoms with Crippen LogP contribution in [0.2, 0.25) is 0 Å². The molecule has 8 heteroatoms. The van der Waals surface area contributed by atoms with E-state index in [1.807, 2.05) is 24.3 Å². The summed E-state index contributed by atoms with van der Waals surface area (Å²) in [6.45, 7) is 0.560. The Kier molecular flexibility index (Phi) is 6.10. The van der Waals surface area contributed by atoms with Crippen molar-refractivity contribution in [1.82, 2.24) is 14.9 Å². The number of aliphatic hydroxyl groups excluding tert-OH is 1. The zero-order valence-corrected chi connectivity index (χ0v) is 16.0. The molecule has 0 aliphatic carbocycles. The lowest BCUT2D eigenvalue weighted by Crippen LogP contribution is -2.32. The second-order valence-electron chi connectivity index (χ2n) is 6.70. The van der Waals surface area contributed by atoms with Crippen molar-refractivity contribution in [2.24, 2.45) is 0 Å². The monoisotopic (exact) mass is 384 g/mol. The Morgan fingerprint density at radius 3 is 2.79 bits per heavy atom. The van der Waals surface area contributed by atoms with Crippen LogP contribution in [-0.4, -0.2) is 41.2 Å². The molecule has 0 radical (unpaired) electrons. The van der Waals surface area contributed by atoms with Crippen LogP contribution in [-0.2, 0) is 11.3 Å². The van der Waals surface area contributed by atoms with Crippen molar-refractivity contribution in [3.63, 3.8) is 0 Å². The molecule has 1 aromatic carbocycles. The predicted molar refractivity (Wildman–Crippen MR) is 106 cm³/mol. The van der Waals surface area contributed by atoms with E-state index in [4.69, 9.17) is 4.42 Å². The van der Waals surface area contributed by atoms with Crippen molar-refractivity contribution in [3.8, 4) is 0 Å². The first-order chi connectivity index (χ1) is 13.5. The Bertz CT molecular complexity index is 995. The van der Waals surface area contributed by atoms with Crippen molar-refractivity contribution in [2.45, 2.75) is 25.5 Å². The molecule has 8 nitrogen and oxygen atoms in total. The topological polar surface area (TPSA) is 101 Å². The molecule has 1 amide bonds. The van der Waals surface area contributed by atoms with Crippen LogP contribution in [0.1, 0.15) is 24.7 Å². The fourth-order valence-corrected chi connectivity index (χ4v) is 2.97. The second kappa shape index (κ2) is 8.71. The van der Waals surface area contributed by atoms with E-state index in [2.05, 4.69) is 10.3 Å². The maximum absolute atomic E-state index is 12.8. The van der Waals surface area contributed by atoms with Crippen LogP contribution in [0.5, 0.6) is 0 Å². The molecule has 0 fully saturated rings. The van der Waals surface area contributed by atoms with Gasteiger partial charge in [-0.15, -0.1) is 0 Å². The van der Waals surface area contributed by atoms with E-state index in [1.165, 1.54) is 6.26 Å². The van der Waals surface area contributed by atoms with Crippen LogP contribution in [0.4, 0.5) is 5.82 Å². The number of carbonyl (C=O) groups is 1. The van der Waals surface area contributed by atoms with Crippen LogP contribution in [0.3, 0.4) is 0 Å². The van der Waals surface area contributed by atoms with Gasteiger partial charge in [0.15, 0.2) is 5.82 Å². The molecule has 0 bridgehead atoms. The lowest BCUT2D eigenvalue weighted by atomic mass is 10.2. The van der Waals surface area contributed by atoms with E-state index in [-0.39, 0.29) is 24.4 Å². The van der Waals surface area contributed by atoms with Crippen molar-refractivity contribution in [2.75, 3.05) is 25.5 Å². The van der Waals surface area contributed by atoms with Crippen LogP contribution < -0.4 is 15.8 Å². The zero-order chi connectivity index (χ0) is 20.1. The summed E-state index contributed by atoms with van der Waals surface area (Å²) in [4.78, 5) is 31.0. The summed E-state index contributed by atoms with van der Waals surface area (Å²) in [5.74, 6) is 0.617. The third kappa shape index (κ3) is 4.40. The van der Waals surface area contributed by atoms with Crippen molar-refractivity contribution in [1.29, 1.82) is 0 Å². The Morgan fingerprint density at radius 1 is 1.29 bits per heavy atom. The van der Waals surface area contributed by atoms with Crippen LogP contribution in [0.25, 0.3) is 11.0 Å². The Hall–Kier alpha value is -3.13. The highest BCUT2D eigenvalue weighted by Gasteiger charge is 2.14. The van der Waals surface area contributed by atoms with Gasteiger partial charge in [0.25, 0.3) is 5.56 Å². The minimum absolute atomic E-state index is 0.150. The summed E-state index contributed by atoms with van der Waals surface area (Å²) in [6, 6.07) is 10.8. The summed E-state index contributed by atoms with van der Waals surface area (Å²) in [7, 11) is 3.53. The maximum atomic E-state index is 12.8. The van der Waals surface area contributed by atoms with Crippen LogP contribution in [0, 0.1) is 0 Å². The number of aromatic nitrogens is 2. The minimum atomic E-state index is -0.760. The van der Waals surface area contributed by atoms with Gasteiger partial charge >= 0.3 is 0 Å². The van der Waals surface area contributed by atoms with Gasteiger partial charge in [-0.1, -0.05) is 12.1 Å². The van der Waals surface area contributed by atoms with Gasteiger partial charge in [-0.05, 0) is 30.7 Å². The number of furan rings is 1. The fourth-order valence-electron chi connectivity index (χ4n) is 2.97. The zero-order valence-electron chi connectivity index (χ0n) is 16.0. The minimum Gasteiger partial charge on any atom is -0.467 e. The molecular weight excluding hydrogens is 360 g/mol. The summed E-state index contributed by atoms with van der Waals surface area (Å²) in [6.07, 6.45) is 1.24. The predicted octanol–water partition coefficient (Wildman–Crippen LogP) is 1.69. The lowest BCUT2D eigenvalue weighted by Gasteiger charge is -2.16. The molecule has 0 saturated carbocycles. The molecule has 0 saturated heterocycles.